The second-order valence-corrected chi connectivity index (χ2v) is 7.41. The summed E-state index contributed by atoms with van der Waals surface area (Å²) in [6, 6.07) is 18.5. The van der Waals surface area contributed by atoms with Crippen LogP contribution in [0.15, 0.2) is 54.6 Å². The number of nitrogens with one attached hydrogen (secondary N) is 2. The van der Waals surface area contributed by atoms with Gasteiger partial charge in [-0.3, -0.25) is 0 Å². The molecule has 2 aromatic rings. The second-order valence-electron chi connectivity index (χ2n) is 7.41. The van der Waals surface area contributed by atoms with Crippen LogP contribution in [-0.4, -0.2) is 58.1 Å². The van der Waals surface area contributed by atoms with Crippen LogP contribution in [0.4, 0.5) is 0 Å². The highest BCUT2D eigenvalue weighted by molar-refractivity contribution is 5.58. The van der Waals surface area contributed by atoms with Crippen LogP contribution in [0, 0.1) is 11.3 Å². The Kier molecular flexibility index (Phi) is 9.84. The zero-order chi connectivity index (χ0) is 21.1. The van der Waals surface area contributed by atoms with E-state index in [-0.39, 0.29) is 18.1 Å². The summed E-state index contributed by atoms with van der Waals surface area (Å²) in [5.41, 5.74) is 2.36. The van der Waals surface area contributed by atoms with Crippen LogP contribution in [0.2, 0.25) is 0 Å². The van der Waals surface area contributed by atoms with Crippen LogP contribution in [0.5, 0.6) is 5.75 Å². The summed E-state index contributed by atoms with van der Waals surface area (Å²) >= 11 is 0. The fraction of sp³-hybridized carbons (Fsp3) is 0.458. The second kappa shape index (κ2) is 12.4. The zero-order valence-electron chi connectivity index (χ0n) is 18.1. The highest BCUT2D eigenvalue weighted by atomic mass is 16.5. The first-order chi connectivity index (χ1) is 14.1. The molecule has 0 aromatic heterocycles. The molecule has 3 atom stereocenters. The minimum Gasteiger partial charge on any atom is -0.496 e. The quantitative estimate of drug-likeness (QED) is 0.505. The highest BCUT2D eigenvalue weighted by Crippen LogP contribution is 2.32. The summed E-state index contributed by atoms with van der Waals surface area (Å²) < 4.78 is 12.0. The number of rotatable bonds is 13. The number of likely N-dealkylation sites (N-methyl/N-ethyl adjacent to an activating group) is 2. The van der Waals surface area contributed by atoms with Crippen LogP contribution in [0.1, 0.15) is 24.2 Å². The third kappa shape index (κ3) is 6.96. The molecule has 0 amide bonds. The Morgan fingerprint density at radius 3 is 2.41 bits per heavy atom. The number of ether oxygens (including phenoxy) is 2. The Morgan fingerprint density at radius 2 is 1.76 bits per heavy atom. The lowest BCUT2D eigenvalue weighted by Gasteiger charge is -2.31. The minimum absolute atomic E-state index is 0.0153. The van der Waals surface area contributed by atoms with E-state index in [0.717, 1.165) is 30.8 Å². The highest BCUT2D eigenvalue weighted by Gasteiger charge is 2.29. The van der Waals surface area contributed by atoms with Gasteiger partial charge < -0.3 is 25.1 Å². The van der Waals surface area contributed by atoms with Crippen molar-refractivity contribution in [2.45, 2.75) is 25.5 Å². The number of nitrogens with zero attached hydrogens (tertiary/aromatic N) is 1. The van der Waals surface area contributed by atoms with Crippen molar-refractivity contribution >= 4 is 6.21 Å². The van der Waals surface area contributed by atoms with Crippen molar-refractivity contribution < 1.29 is 9.47 Å². The van der Waals surface area contributed by atoms with Crippen molar-refractivity contribution in [3.05, 3.63) is 65.7 Å². The van der Waals surface area contributed by atoms with Gasteiger partial charge >= 0.3 is 0 Å². The lowest BCUT2D eigenvalue weighted by Crippen LogP contribution is -2.40. The molecular weight excluding hydrogens is 362 g/mol. The first-order valence-electron chi connectivity index (χ1n) is 10.3. The number of methoxy groups -OCH3 is 1. The maximum Gasteiger partial charge on any atom is 0.124 e. The van der Waals surface area contributed by atoms with Crippen LogP contribution < -0.4 is 10.1 Å². The van der Waals surface area contributed by atoms with Gasteiger partial charge in [-0.2, -0.15) is 0 Å². The molecule has 2 aromatic carbocycles. The summed E-state index contributed by atoms with van der Waals surface area (Å²) in [6.45, 7) is 4.47. The number of benzene rings is 2. The monoisotopic (exact) mass is 397 g/mol. The van der Waals surface area contributed by atoms with Crippen molar-refractivity contribution in [1.82, 2.24) is 10.2 Å². The summed E-state index contributed by atoms with van der Waals surface area (Å²) in [5, 5.41) is 11.1. The lowest BCUT2D eigenvalue weighted by atomic mass is 9.92. The van der Waals surface area contributed by atoms with Gasteiger partial charge in [-0.25, -0.2) is 0 Å². The Balaban J connectivity index is 2.01. The van der Waals surface area contributed by atoms with E-state index in [4.69, 9.17) is 14.9 Å². The van der Waals surface area contributed by atoms with Gasteiger partial charge in [0.15, 0.2) is 0 Å². The van der Waals surface area contributed by atoms with E-state index in [1.807, 2.05) is 44.3 Å². The van der Waals surface area contributed by atoms with E-state index in [9.17, 15) is 0 Å². The van der Waals surface area contributed by atoms with Crippen molar-refractivity contribution in [3.8, 4) is 5.75 Å². The fourth-order valence-corrected chi connectivity index (χ4v) is 3.49. The van der Waals surface area contributed by atoms with E-state index in [0.29, 0.717) is 6.61 Å². The Morgan fingerprint density at radius 1 is 1.07 bits per heavy atom. The summed E-state index contributed by atoms with van der Waals surface area (Å²) in [5.74, 6) is 0.845. The normalized spacial score (nSPS) is 14.4. The molecule has 0 saturated heterocycles. The van der Waals surface area contributed by atoms with E-state index in [1.165, 1.54) is 11.8 Å². The SMILES string of the molecule is CNC(C(C)C=N)C(OCCN(C)CCc1ccccc1)c1ccccc1OC. The van der Waals surface area contributed by atoms with Gasteiger partial charge in [0.2, 0.25) is 0 Å². The first-order valence-corrected chi connectivity index (χ1v) is 10.3. The van der Waals surface area contributed by atoms with Gasteiger partial charge in [-0.1, -0.05) is 55.5 Å². The number of hydrogen-bond acceptors (Lipinski definition) is 5. The average Bonchev–Trinajstić information content (AvgIpc) is 2.77. The predicted octanol–water partition coefficient (Wildman–Crippen LogP) is 3.80. The van der Waals surface area contributed by atoms with E-state index < -0.39 is 0 Å². The molecule has 5 heteroatoms. The summed E-state index contributed by atoms with van der Waals surface area (Å²) in [6.07, 6.45) is 2.30. The molecule has 0 radical (unpaired) electrons. The smallest absolute Gasteiger partial charge is 0.124 e. The molecule has 0 spiro atoms. The third-order valence-electron chi connectivity index (χ3n) is 5.33. The standard InChI is InChI=1S/C24H35N3O2/c1-19(18-25)23(26-2)24(21-12-8-9-13-22(21)28-4)29-17-16-27(3)15-14-20-10-6-5-7-11-20/h5-13,18-19,23-26H,14-17H2,1-4H3. The Labute approximate surface area is 175 Å². The van der Waals surface area contributed by atoms with E-state index in [2.05, 4.69) is 41.5 Å². The van der Waals surface area contributed by atoms with Crippen molar-refractivity contribution in [3.63, 3.8) is 0 Å². The molecule has 29 heavy (non-hydrogen) atoms. The van der Waals surface area contributed by atoms with Crippen LogP contribution in [-0.2, 0) is 11.2 Å². The molecule has 0 aliphatic heterocycles. The molecule has 0 aliphatic rings. The molecule has 5 nitrogen and oxygen atoms in total. The molecule has 2 N–H and O–H groups in total. The van der Waals surface area contributed by atoms with Crippen molar-refractivity contribution in [1.29, 1.82) is 5.41 Å². The fourth-order valence-electron chi connectivity index (χ4n) is 3.49. The largest absolute Gasteiger partial charge is 0.496 e. The third-order valence-corrected chi connectivity index (χ3v) is 5.33. The van der Waals surface area contributed by atoms with Gasteiger partial charge in [0, 0.05) is 30.6 Å². The molecule has 0 saturated carbocycles. The maximum absolute atomic E-state index is 7.72. The molecule has 0 aliphatic carbocycles. The molecule has 0 fully saturated rings. The minimum atomic E-state index is -0.199. The number of hydrogen-bond donors (Lipinski definition) is 2. The van der Waals surface area contributed by atoms with E-state index >= 15 is 0 Å². The topological polar surface area (TPSA) is 57.6 Å². The average molecular weight is 398 g/mol. The Bertz CT molecular complexity index is 723. The van der Waals surface area contributed by atoms with Gasteiger partial charge in [0.25, 0.3) is 0 Å². The van der Waals surface area contributed by atoms with Crippen LogP contribution >= 0.6 is 0 Å². The molecule has 158 valence electrons. The summed E-state index contributed by atoms with van der Waals surface area (Å²) in [4.78, 5) is 2.29. The predicted molar refractivity (Wildman–Crippen MR) is 120 cm³/mol. The van der Waals surface area contributed by atoms with E-state index in [1.54, 1.807) is 7.11 Å². The molecule has 0 bridgehead atoms. The molecule has 2 rings (SSSR count). The Hall–Kier alpha value is -2.21. The first kappa shape index (κ1) is 23.1. The molecular formula is C24H35N3O2. The van der Waals surface area contributed by atoms with Crippen molar-refractivity contribution in [2.75, 3.05) is 40.9 Å². The van der Waals surface area contributed by atoms with Gasteiger partial charge in [-0.15, -0.1) is 0 Å². The number of para-hydroxylation sites is 1. The van der Waals surface area contributed by atoms with Crippen molar-refractivity contribution in [2.24, 2.45) is 5.92 Å². The van der Waals surface area contributed by atoms with Gasteiger partial charge in [0.1, 0.15) is 11.9 Å². The summed E-state index contributed by atoms with van der Waals surface area (Å²) in [7, 11) is 5.73. The van der Waals surface area contributed by atoms with Crippen LogP contribution in [0.25, 0.3) is 0 Å². The van der Waals surface area contributed by atoms with Gasteiger partial charge in [0.05, 0.1) is 13.7 Å². The molecule has 3 unspecified atom stereocenters. The molecule has 0 heterocycles. The zero-order valence-corrected chi connectivity index (χ0v) is 18.1. The van der Waals surface area contributed by atoms with Crippen LogP contribution in [0.3, 0.4) is 0 Å². The maximum atomic E-state index is 7.72. The lowest BCUT2D eigenvalue weighted by molar-refractivity contribution is 0.0100. The van der Waals surface area contributed by atoms with Gasteiger partial charge in [-0.05, 0) is 38.4 Å².